The average Bonchev–Trinajstić information content (AvgIpc) is 3.23. The number of carbonyl (C=O) groups excluding carboxylic acids is 1. The second kappa shape index (κ2) is 7.15. The maximum atomic E-state index is 12.8. The largest absolute Gasteiger partial charge is 0.352 e. The van der Waals surface area contributed by atoms with Gasteiger partial charge in [0, 0.05) is 19.4 Å². The summed E-state index contributed by atoms with van der Waals surface area (Å²) in [5.41, 5.74) is 0.845. The lowest BCUT2D eigenvalue weighted by atomic mass is 10.2. The first-order valence-corrected chi connectivity index (χ1v) is 7.96. The molecular formula is C16H14FN3O2S. The molecule has 0 fully saturated rings. The summed E-state index contributed by atoms with van der Waals surface area (Å²) in [5, 5.41) is 8.61. The van der Waals surface area contributed by atoms with Crippen molar-refractivity contribution in [2.24, 2.45) is 0 Å². The second-order valence-electron chi connectivity index (χ2n) is 4.89. The molecule has 2 aromatic heterocycles. The monoisotopic (exact) mass is 331 g/mol. The molecule has 0 spiro atoms. The summed E-state index contributed by atoms with van der Waals surface area (Å²) in [6.07, 6.45) is 0.640. The number of aromatic nitrogens is 2. The molecule has 1 N–H and O–H groups in total. The van der Waals surface area contributed by atoms with Crippen LogP contribution in [0.2, 0.25) is 0 Å². The number of aryl methyl sites for hydroxylation is 1. The third kappa shape index (κ3) is 4.23. The molecule has 0 bridgehead atoms. The van der Waals surface area contributed by atoms with Crippen LogP contribution in [0, 0.1) is 5.82 Å². The summed E-state index contributed by atoms with van der Waals surface area (Å²) >= 11 is 1.53. The van der Waals surface area contributed by atoms with Gasteiger partial charge in [0.2, 0.25) is 17.6 Å². The summed E-state index contributed by atoms with van der Waals surface area (Å²) in [6, 6.07) is 9.84. The molecule has 0 atom stereocenters. The molecule has 7 heteroatoms. The fraction of sp³-hybridized carbons (Fsp3) is 0.188. The van der Waals surface area contributed by atoms with E-state index in [9.17, 15) is 9.18 Å². The van der Waals surface area contributed by atoms with Gasteiger partial charge in [-0.3, -0.25) is 4.79 Å². The highest BCUT2D eigenvalue weighted by Gasteiger charge is 2.11. The molecule has 118 valence electrons. The number of amides is 1. The molecule has 2 heterocycles. The van der Waals surface area contributed by atoms with Gasteiger partial charge in [0.1, 0.15) is 5.82 Å². The Labute approximate surface area is 136 Å². The van der Waals surface area contributed by atoms with Crippen LogP contribution < -0.4 is 5.32 Å². The van der Waals surface area contributed by atoms with Crippen molar-refractivity contribution in [3.63, 3.8) is 0 Å². The maximum Gasteiger partial charge on any atom is 0.227 e. The molecular weight excluding hydrogens is 317 g/mol. The first-order valence-electron chi connectivity index (χ1n) is 7.08. The smallest absolute Gasteiger partial charge is 0.227 e. The van der Waals surface area contributed by atoms with Crippen molar-refractivity contribution in [2.45, 2.75) is 19.4 Å². The van der Waals surface area contributed by atoms with Crippen LogP contribution in [0.5, 0.6) is 0 Å². The summed E-state index contributed by atoms with van der Waals surface area (Å²) in [4.78, 5) is 17.0. The van der Waals surface area contributed by atoms with Crippen molar-refractivity contribution in [3.05, 3.63) is 59.0 Å². The van der Waals surface area contributed by atoms with Gasteiger partial charge in [-0.05, 0) is 29.1 Å². The highest BCUT2D eigenvalue weighted by Crippen LogP contribution is 2.21. The zero-order valence-electron chi connectivity index (χ0n) is 12.2. The van der Waals surface area contributed by atoms with Crippen LogP contribution in [0.4, 0.5) is 4.39 Å². The summed E-state index contributed by atoms with van der Waals surface area (Å²) in [6.45, 7) is 0.364. The SMILES string of the molecule is O=C(CCc1nc(-c2cccs2)no1)NCc1ccc(F)cc1. The summed E-state index contributed by atoms with van der Waals surface area (Å²) in [7, 11) is 0. The number of hydrogen-bond donors (Lipinski definition) is 1. The van der Waals surface area contributed by atoms with Gasteiger partial charge >= 0.3 is 0 Å². The summed E-state index contributed by atoms with van der Waals surface area (Å²) in [5.74, 6) is 0.565. The van der Waals surface area contributed by atoms with E-state index in [4.69, 9.17) is 4.52 Å². The van der Waals surface area contributed by atoms with Gasteiger partial charge < -0.3 is 9.84 Å². The molecule has 3 aromatic rings. The van der Waals surface area contributed by atoms with E-state index < -0.39 is 0 Å². The van der Waals surface area contributed by atoms with Gasteiger partial charge in [-0.2, -0.15) is 4.98 Å². The molecule has 5 nitrogen and oxygen atoms in total. The first-order chi connectivity index (χ1) is 11.2. The summed E-state index contributed by atoms with van der Waals surface area (Å²) < 4.78 is 17.9. The van der Waals surface area contributed by atoms with Crippen LogP contribution in [0.15, 0.2) is 46.3 Å². The number of nitrogens with zero attached hydrogens (tertiary/aromatic N) is 2. The van der Waals surface area contributed by atoms with E-state index in [0.717, 1.165) is 10.4 Å². The van der Waals surface area contributed by atoms with Crippen LogP contribution in [-0.2, 0) is 17.8 Å². The third-order valence-corrected chi connectivity index (χ3v) is 4.04. The first kappa shape index (κ1) is 15.4. The molecule has 0 aliphatic carbocycles. The van der Waals surface area contributed by atoms with Crippen molar-refractivity contribution in [1.29, 1.82) is 0 Å². The highest BCUT2D eigenvalue weighted by molar-refractivity contribution is 7.13. The van der Waals surface area contributed by atoms with Gasteiger partial charge in [-0.25, -0.2) is 4.39 Å². The lowest BCUT2D eigenvalue weighted by molar-refractivity contribution is -0.121. The molecule has 1 aromatic carbocycles. The Morgan fingerprint density at radius 1 is 1.26 bits per heavy atom. The molecule has 3 rings (SSSR count). The Balaban J connectivity index is 1.46. The number of thiophene rings is 1. The van der Waals surface area contributed by atoms with Gasteiger partial charge in [0.25, 0.3) is 0 Å². The van der Waals surface area contributed by atoms with Crippen molar-refractivity contribution >= 4 is 17.2 Å². The van der Waals surface area contributed by atoms with Crippen LogP contribution in [-0.4, -0.2) is 16.0 Å². The number of carbonyl (C=O) groups is 1. The number of halogens is 1. The quantitative estimate of drug-likeness (QED) is 0.753. The van der Waals surface area contributed by atoms with Crippen molar-refractivity contribution in [2.75, 3.05) is 0 Å². The van der Waals surface area contributed by atoms with E-state index in [1.54, 1.807) is 12.1 Å². The number of nitrogens with one attached hydrogen (secondary N) is 1. The van der Waals surface area contributed by atoms with E-state index in [1.165, 1.54) is 23.5 Å². The fourth-order valence-corrected chi connectivity index (χ4v) is 2.62. The Morgan fingerprint density at radius 3 is 2.83 bits per heavy atom. The van der Waals surface area contributed by atoms with Crippen molar-refractivity contribution < 1.29 is 13.7 Å². The number of rotatable bonds is 6. The van der Waals surface area contributed by atoms with Crippen molar-refractivity contribution in [1.82, 2.24) is 15.5 Å². The molecule has 0 radical (unpaired) electrons. The van der Waals surface area contributed by atoms with Gasteiger partial charge in [0.05, 0.1) is 4.88 Å². The molecule has 23 heavy (non-hydrogen) atoms. The Kier molecular flexibility index (Phi) is 4.77. The lowest BCUT2D eigenvalue weighted by Gasteiger charge is -2.04. The van der Waals surface area contributed by atoms with Gasteiger partial charge in [0.15, 0.2) is 0 Å². The topological polar surface area (TPSA) is 68.0 Å². The molecule has 0 saturated heterocycles. The standard InChI is InChI=1S/C16H14FN3O2S/c17-12-5-3-11(4-6-12)10-18-14(21)7-8-15-19-16(20-22-15)13-2-1-9-23-13/h1-6,9H,7-8,10H2,(H,18,21). The molecule has 1 amide bonds. The van der Waals surface area contributed by atoms with E-state index in [2.05, 4.69) is 15.5 Å². The highest BCUT2D eigenvalue weighted by atomic mass is 32.1. The molecule has 0 aliphatic rings. The van der Waals surface area contributed by atoms with Crippen LogP contribution in [0.1, 0.15) is 17.9 Å². The average molecular weight is 331 g/mol. The zero-order valence-corrected chi connectivity index (χ0v) is 13.0. The lowest BCUT2D eigenvalue weighted by Crippen LogP contribution is -2.23. The van der Waals surface area contributed by atoms with Crippen LogP contribution in [0.25, 0.3) is 10.7 Å². The Hall–Kier alpha value is -2.54. The van der Waals surface area contributed by atoms with E-state index in [-0.39, 0.29) is 18.1 Å². The van der Waals surface area contributed by atoms with Gasteiger partial charge in [-0.15, -0.1) is 11.3 Å². The van der Waals surface area contributed by atoms with Crippen LogP contribution in [0.3, 0.4) is 0 Å². The molecule has 0 unspecified atom stereocenters. The molecule has 0 aliphatic heterocycles. The van der Waals surface area contributed by atoms with E-state index in [1.807, 2.05) is 17.5 Å². The van der Waals surface area contributed by atoms with E-state index >= 15 is 0 Å². The predicted molar refractivity (Wildman–Crippen MR) is 84.2 cm³/mol. The third-order valence-electron chi connectivity index (χ3n) is 3.18. The van der Waals surface area contributed by atoms with E-state index in [0.29, 0.717) is 24.7 Å². The fourth-order valence-electron chi connectivity index (χ4n) is 1.97. The van der Waals surface area contributed by atoms with Crippen molar-refractivity contribution in [3.8, 4) is 10.7 Å². The maximum absolute atomic E-state index is 12.8. The number of hydrogen-bond acceptors (Lipinski definition) is 5. The minimum atomic E-state index is -0.294. The van der Waals surface area contributed by atoms with Gasteiger partial charge in [-0.1, -0.05) is 23.4 Å². The zero-order chi connectivity index (χ0) is 16.1. The predicted octanol–water partition coefficient (Wildman–Crippen LogP) is 3.19. The number of benzene rings is 1. The Bertz CT molecular complexity index is 769. The molecule has 0 saturated carbocycles. The van der Waals surface area contributed by atoms with Crippen LogP contribution >= 0.6 is 11.3 Å². The normalized spacial score (nSPS) is 10.7. The minimum absolute atomic E-state index is 0.120. The Morgan fingerprint density at radius 2 is 2.09 bits per heavy atom. The minimum Gasteiger partial charge on any atom is -0.352 e. The second-order valence-corrected chi connectivity index (χ2v) is 5.84.